The average Bonchev–Trinajstić information content (AvgIpc) is 2.34. The fraction of sp³-hybridized carbons (Fsp3) is 0.0769. The first-order valence-electron chi connectivity index (χ1n) is 5.36. The van der Waals surface area contributed by atoms with Gasteiger partial charge in [-0.3, -0.25) is 9.78 Å². The highest BCUT2D eigenvalue weighted by Crippen LogP contribution is 2.32. The summed E-state index contributed by atoms with van der Waals surface area (Å²) in [5.41, 5.74) is 1.38. The van der Waals surface area contributed by atoms with Gasteiger partial charge < -0.3 is 5.32 Å². The number of hydrogen-bond acceptors (Lipinski definition) is 2. The molecule has 3 nitrogen and oxygen atoms in total. The third-order valence-electron chi connectivity index (χ3n) is 2.50. The standard InChI is InChI=1S/C13H9BrClFN2O/c1-7-9(3-2-4-17-7)13(19)18-12-10(14)5-8(16)6-11(12)15/h2-6H,1H3,(H,18,19). The van der Waals surface area contributed by atoms with E-state index in [-0.39, 0.29) is 10.9 Å². The number of aromatic nitrogens is 1. The van der Waals surface area contributed by atoms with Crippen LogP contribution in [-0.2, 0) is 0 Å². The summed E-state index contributed by atoms with van der Waals surface area (Å²) >= 11 is 9.07. The number of benzene rings is 1. The Morgan fingerprint density at radius 3 is 2.84 bits per heavy atom. The summed E-state index contributed by atoms with van der Waals surface area (Å²) in [6.07, 6.45) is 1.60. The molecule has 0 bridgehead atoms. The molecule has 1 heterocycles. The van der Waals surface area contributed by atoms with Crippen LogP contribution in [0.2, 0.25) is 5.02 Å². The second kappa shape index (κ2) is 5.67. The van der Waals surface area contributed by atoms with Gasteiger partial charge in [0.1, 0.15) is 5.82 Å². The van der Waals surface area contributed by atoms with Crippen LogP contribution in [-0.4, -0.2) is 10.9 Å². The number of carbonyl (C=O) groups excluding carboxylic acids is 1. The van der Waals surface area contributed by atoms with E-state index in [0.29, 0.717) is 21.4 Å². The minimum absolute atomic E-state index is 0.127. The summed E-state index contributed by atoms with van der Waals surface area (Å²) in [5.74, 6) is -0.827. The summed E-state index contributed by atoms with van der Waals surface area (Å²) in [4.78, 5) is 16.1. The van der Waals surface area contributed by atoms with Gasteiger partial charge in [0.05, 0.1) is 16.3 Å². The van der Waals surface area contributed by atoms with E-state index in [9.17, 15) is 9.18 Å². The summed E-state index contributed by atoms with van der Waals surface area (Å²) in [5, 5.41) is 2.77. The zero-order valence-electron chi connectivity index (χ0n) is 9.88. The molecule has 0 aliphatic heterocycles. The number of nitrogens with zero attached hydrogens (tertiary/aromatic N) is 1. The topological polar surface area (TPSA) is 42.0 Å². The molecule has 1 amide bonds. The summed E-state index contributed by atoms with van der Waals surface area (Å²) in [6.45, 7) is 1.73. The van der Waals surface area contributed by atoms with Crippen molar-refractivity contribution >= 4 is 39.1 Å². The van der Waals surface area contributed by atoms with Gasteiger partial charge in [-0.2, -0.15) is 0 Å². The lowest BCUT2D eigenvalue weighted by molar-refractivity contribution is 0.102. The number of aryl methyl sites for hydroxylation is 1. The van der Waals surface area contributed by atoms with Crippen LogP contribution in [0.15, 0.2) is 34.9 Å². The maximum atomic E-state index is 13.1. The van der Waals surface area contributed by atoms with Gasteiger partial charge in [-0.25, -0.2) is 4.39 Å². The maximum absolute atomic E-state index is 13.1. The lowest BCUT2D eigenvalue weighted by Gasteiger charge is -2.10. The molecule has 0 aliphatic carbocycles. The Hall–Kier alpha value is -1.46. The highest BCUT2D eigenvalue weighted by atomic mass is 79.9. The van der Waals surface area contributed by atoms with E-state index >= 15 is 0 Å². The molecule has 2 aromatic rings. The van der Waals surface area contributed by atoms with Crippen molar-refractivity contribution in [3.63, 3.8) is 0 Å². The van der Waals surface area contributed by atoms with Crippen molar-refractivity contribution in [2.24, 2.45) is 0 Å². The molecule has 0 radical (unpaired) electrons. The molecular weight excluding hydrogens is 335 g/mol. The molecule has 0 spiro atoms. The Morgan fingerprint density at radius 2 is 2.21 bits per heavy atom. The minimum atomic E-state index is -0.479. The lowest BCUT2D eigenvalue weighted by Crippen LogP contribution is -2.14. The number of halogens is 3. The zero-order valence-corrected chi connectivity index (χ0v) is 12.2. The van der Waals surface area contributed by atoms with Crippen molar-refractivity contribution in [2.75, 3.05) is 5.32 Å². The molecule has 0 saturated heterocycles. The number of nitrogens with one attached hydrogen (secondary N) is 1. The van der Waals surface area contributed by atoms with Crippen LogP contribution in [0.5, 0.6) is 0 Å². The normalized spacial score (nSPS) is 10.3. The Labute approximate surface area is 122 Å². The van der Waals surface area contributed by atoms with Gasteiger partial charge in [0.25, 0.3) is 5.91 Å². The molecule has 0 atom stereocenters. The molecular formula is C13H9BrClFN2O. The smallest absolute Gasteiger partial charge is 0.257 e. The highest BCUT2D eigenvalue weighted by Gasteiger charge is 2.14. The van der Waals surface area contributed by atoms with Gasteiger partial charge in [-0.05, 0) is 47.1 Å². The first-order valence-corrected chi connectivity index (χ1v) is 6.53. The van der Waals surface area contributed by atoms with Crippen LogP contribution in [0.4, 0.5) is 10.1 Å². The van der Waals surface area contributed by atoms with E-state index in [1.54, 1.807) is 25.3 Å². The number of hydrogen-bond donors (Lipinski definition) is 1. The summed E-state index contributed by atoms with van der Waals surface area (Å²) in [7, 11) is 0. The van der Waals surface area contributed by atoms with Crippen LogP contribution in [0.3, 0.4) is 0 Å². The molecule has 0 aliphatic rings. The van der Waals surface area contributed by atoms with E-state index in [0.717, 1.165) is 6.07 Å². The van der Waals surface area contributed by atoms with Crippen molar-refractivity contribution in [3.05, 3.63) is 57.0 Å². The van der Waals surface area contributed by atoms with Crippen LogP contribution in [0.25, 0.3) is 0 Å². The van der Waals surface area contributed by atoms with E-state index in [1.807, 2.05) is 0 Å². The Morgan fingerprint density at radius 1 is 1.47 bits per heavy atom. The van der Waals surface area contributed by atoms with Gasteiger partial charge in [0, 0.05) is 16.4 Å². The van der Waals surface area contributed by atoms with Crippen molar-refractivity contribution in [1.82, 2.24) is 4.98 Å². The van der Waals surface area contributed by atoms with E-state index in [4.69, 9.17) is 11.6 Å². The number of rotatable bonds is 2. The van der Waals surface area contributed by atoms with Crippen LogP contribution >= 0.6 is 27.5 Å². The van der Waals surface area contributed by atoms with Crippen LogP contribution in [0.1, 0.15) is 16.1 Å². The van der Waals surface area contributed by atoms with Gasteiger partial charge in [-0.15, -0.1) is 0 Å². The Bertz CT molecular complexity index is 625. The third-order valence-corrected chi connectivity index (χ3v) is 3.42. The third kappa shape index (κ3) is 3.11. The van der Waals surface area contributed by atoms with Crippen molar-refractivity contribution in [2.45, 2.75) is 6.92 Å². The number of pyridine rings is 1. The quantitative estimate of drug-likeness (QED) is 0.888. The summed E-state index contributed by atoms with van der Waals surface area (Å²) < 4.78 is 13.5. The second-order valence-electron chi connectivity index (χ2n) is 3.83. The lowest BCUT2D eigenvalue weighted by atomic mass is 10.2. The molecule has 0 unspecified atom stereocenters. The predicted molar refractivity (Wildman–Crippen MR) is 76.0 cm³/mol. The fourth-order valence-corrected chi connectivity index (χ4v) is 2.47. The zero-order chi connectivity index (χ0) is 14.0. The largest absolute Gasteiger partial charge is 0.320 e. The molecule has 1 aromatic heterocycles. The molecule has 98 valence electrons. The second-order valence-corrected chi connectivity index (χ2v) is 5.10. The Balaban J connectivity index is 2.32. The van der Waals surface area contributed by atoms with E-state index in [1.165, 1.54) is 6.07 Å². The van der Waals surface area contributed by atoms with Gasteiger partial charge in [0.15, 0.2) is 0 Å². The number of anilines is 1. The van der Waals surface area contributed by atoms with E-state index < -0.39 is 5.82 Å². The molecule has 6 heteroatoms. The molecule has 19 heavy (non-hydrogen) atoms. The Kier molecular flexibility index (Phi) is 4.17. The van der Waals surface area contributed by atoms with Crippen LogP contribution < -0.4 is 5.32 Å². The average molecular weight is 344 g/mol. The predicted octanol–water partition coefficient (Wildman–Crippen LogP) is 4.20. The van der Waals surface area contributed by atoms with E-state index in [2.05, 4.69) is 26.2 Å². The first kappa shape index (κ1) is 14.0. The van der Waals surface area contributed by atoms with Gasteiger partial charge >= 0.3 is 0 Å². The maximum Gasteiger partial charge on any atom is 0.257 e. The number of carbonyl (C=O) groups is 1. The molecule has 0 fully saturated rings. The van der Waals surface area contributed by atoms with Crippen molar-refractivity contribution < 1.29 is 9.18 Å². The van der Waals surface area contributed by atoms with Crippen molar-refractivity contribution in [3.8, 4) is 0 Å². The monoisotopic (exact) mass is 342 g/mol. The molecule has 1 N–H and O–H groups in total. The molecule has 1 aromatic carbocycles. The highest BCUT2D eigenvalue weighted by molar-refractivity contribution is 9.10. The molecule has 0 saturated carbocycles. The van der Waals surface area contributed by atoms with Crippen molar-refractivity contribution in [1.29, 1.82) is 0 Å². The fourth-order valence-electron chi connectivity index (χ4n) is 1.57. The summed E-state index contributed by atoms with van der Waals surface area (Å²) in [6, 6.07) is 5.70. The van der Waals surface area contributed by atoms with Crippen LogP contribution in [0, 0.1) is 12.7 Å². The molecule has 2 rings (SSSR count). The number of amides is 1. The minimum Gasteiger partial charge on any atom is -0.320 e. The van der Waals surface area contributed by atoms with Gasteiger partial charge in [0.2, 0.25) is 0 Å². The van der Waals surface area contributed by atoms with Gasteiger partial charge in [-0.1, -0.05) is 11.6 Å². The SMILES string of the molecule is Cc1ncccc1C(=O)Nc1c(Cl)cc(F)cc1Br. The first-order chi connectivity index (χ1) is 8.99.